The molecule has 100 valence electrons. The third kappa shape index (κ3) is 5.70. The number of halogens is 1. The van der Waals surface area contributed by atoms with Gasteiger partial charge < -0.3 is 9.64 Å². The van der Waals surface area contributed by atoms with Crippen molar-refractivity contribution in [1.29, 1.82) is 0 Å². The first-order chi connectivity index (χ1) is 7.92. The number of amides is 1. The summed E-state index contributed by atoms with van der Waals surface area (Å²) in [5.74, 6) is -0.286. The Kier molecular flexibility index (Phi) is 5.69. The van der Waals surface area contributed by atoms with E-state index in [1.807, 2.05) is 6.92 Å². The molecule has 0 radical (unpaired) electrons. The van der Waals surface area contributed by atoms with Gasteiger partial charge in [-0.1, -0.05) is 0 Å². The second-order valence-corrected chi connectivity index (χ2v) is 6.99. The summed E-state index contributed by atoms with van der Waals surface area (Å²) in [6.45, 7) is 4.32. The van der Waals surface area contributed by atoms with Crippen LogP contribution < -0.4 is 0 Å². The maximum atomic E-state index is 11.6. The number of carbonyl (C=O) groups excluding carboxylic acids is 1. The molecule has 0 bridgehead atoms. The predicted molar refractivity (Wildman–Crippen MR) is 65.4 cm³/mol. The highest BCUT2D eigenvalue weighted by atomic mass is 35.7. The van der Waals surface area contributed by atoms with E-state index in [-0.39, 0.29) is 24.0 Å². The van der Waals surface area contributed by atoms with Crippen LogP contribution in [0.25, 0.3) is 0 Å². The molecule has 1 amide bonds. The van der Waals surface area contributed by atoms with Crippen LogP contribution in [-0.4, -0.2) is 51.3 Å². The van der Waals surface area contributed by atoms with Gasteiger partial charge in [0.05, 0.1) is 5.75 Å². The zero-order valence-electron chi connectivity index (χ0n) is 9.89. The Hall–Kier alpha value is -0.330. The minimum absolute atomic E-state index is 0.00631. The SMILES string of the molecule is CCOCCCN1CC(CS(=O)(=O)Cl)CC1=O. The van der Waals surface area contributed by atoms with Gasteiger partial charge in [0.15, 0.2) is 0 Å². The van der Waals surface area contributed by atoms with Crippen molar-refractivity contribution < 1.29 is 17.9 Å². The van der Waals surface area contributed by atoms with Crippen molar-refractivity contribution in [2.24, 2.45) is 5.92 Å². The molecule has 1 heterocycles. The third-order valence-corrected chi connectivity index (χ3v) is 3.90. The van der Waals surface area contributed by atoms with Crippen molar-refractivity contribution in [2.45, 2.75) is 19.8 Å². The second kappa shape index (κ2) is 6.56. The highest BCUT2D eigenvalue weighted by Gasteiger charge is 2.31. The summed E-state index contributed by atoms with van der Waals surface area (Å²) >= 11 is 0. The Morgan fingerprint density at radius 2 is 2.24 bits per heavy atom. The fraction of sp³-hybridized carbons (Fsp3) is 0.900. The van der Waals surface area contributed by atoms with Gasteiger partial charge >= 0.3 is 0 Å². The molecule has 1 aliphatic heterocycles. The van der Waals surface area contributed by atoms with E-state index in [1.165, 1.54) is 0 Å². The van der Waals surface area contributed by atoms with E-state index in [9.17, 15) is 13.2 Å². The Bertz CT molecular complexity index is 357. The first-order valence-corrected chi connectivity index (χ1v) is 8.18. The molecule has 1 fully saturated rings. The maximum absolute atomic E-state index is 11.6. The normalized spacial score (nSPS) is 21.2. The van der Waals surface area contributed by atoms with E-state index in [4.69, 9.17) is 15.4 Å². The van der Waals surface area contributed by atoms with Gasteiger partial charge in [0.2, 0.25) is 15.0 Å². The van der Waals surface area contributed by atoms with E-state index in [2.05, 4.69) is 0 Å². The molecule has 0 aliphatic carbocycles. The maximum Gasteiger partial charge on any atom is 0.232 e. The topological polar surface area (TPSA) is 63.7 Å². The molecular formula is C10H18ClNO4S. The Labute approximate surface area is 106 Å². The lowest BCUT2D eigenvalue weighted by Crippen LogP contribution is -2.27. The van der Waals surface area contributed by atoms with Crippen molar-refractivity contribution in [3.05, 3.63) is 0 Å². The minimum Gasteiger partial charge on any atom is -0.382 e. The molecule has 1 rings (SSSR count). The molecule has 1 unspecified atom stereocenters. The molecule has 17 heavy (non-hydrogen) atoms. The van der Waals surface area contributed by atoms with Gasteiger partial charge in [0.25, 0.3) is 0 Å². The molecule has 0 aromatic rings. The van der Waals surface area contributed by atoms with E-state index in [0.29, 0.717) is 26.3 Å². The molecule has 1 atom stereocenters. The molecule has 7 heteroatoms. The van der Waals surface area contributed by atoms with Crippen LogP contribution in [0.3, 0.4) is 0 Å². The van der Waals surface area contributed by atoms with E-state index < -0.39 is 9.05 Å². The molecule has 0 spiro atoms. The highest BCUT2D eigenvalue weighted by molar-refractivity contribution is 8.13. The van der Waals surface area contributed by atoms with Crippen LogP contribution in [0.15, 0.2) is 0 Å². The molecule has 0 saturated carbocycles. The van der Waals surface area contributed by atoms with Gasteiger partial charge in [-0.05, 0) is 13.3 Å². The van der Waals surface area contributed by atoms with Crippen molar-refractivity contribution in [2.75, 3.05) is 32.1 Å². The number of rotatable bonds is 7. The van der Waals surface area contributed by atoms with Crippen molar-refractivity contribution in [3.8, 4) is 0 Å². The lowest BCUT2D eigenvalue weighted by Gasteiger charge is -2.16. The van der Waals surface area contributed by atoms with Crippen LogP contribution in [0, 0.1) is 5.92 Å². The van der Waals surface area contributed by atoms with Gasteiger partial charge in [0, 0.05) is 49.3 Å². The molecule has 0 aromatic heterocycles. The summed E-state index contributed by atoms with van der Waals surface area (Å²) in [5, 5.41) is 0. The fourth-order valence-corrected chi connectivity index (χ4v) is 3.29. The zero-order valence-corrected chi connectivity index (χ0v) is 11.5. The number of nitrogens with zero attached hydrogens (tertiary/aromatic N) is 1. The van der Waals surface area contributed by atoms with E-state index in [0.717, 1.165) is 6.42 Å². The number of ether oxygens (including phenoxy) is 1. The third-order valence-electron chi connectivity index (χ3n) is 2.65. The average Bonchev–Trinajstić information content (AvgIpc) is 2.51. The van der Waals surface area contributed by atoms with Gasteiger partial charge in [-0.2, -0.15) is 0 Å². The molecule has 0 N–H and O–H groups in total. The van der Waals surface area contributed by atoms with Gasteiger partial charge in [-0.25, -0.2) is 8.42 Å². The lowest BCUT2D eigenvalue weighted by atomic mass is 10.1. The summed E-state index contributed by atoms with van der Waals surface area (Å²) in [7, 11) is 1.66. The highest BCUT2D eigenvalue weighted by Crippen LogP contribution is 2.20. The summed E-state index contributed by atoms with van der Waals surface area (Å²) in [4.78, 5) is 13.3. The molecule has 1 saturated heterocycles. The largest absolute Gasteiger partial charge is 0.382 e. The standard InChI is InChI=1S/C10H18ClNO4S/c1-2-16-5-3-4-12-7-9(6-10(12)13)8-17(11,14)15/h9H,2-8H2,1H3. The van der Waals surface area contributed by atoms with Crippen LogP contribution in [0.5, 0.6) is 0 Å². The smallest absolute Gasteiger partial charge is 0.232 e. The number of hydrogen-bond donors (Lipinski definition) is 0. The minimum atomic E-state index is -3.51. The molecular weight excluding hydrogens is 266 g/mol. The second-order valence-electron chi connectivity index (χ2n) is 4.17. The van der Waals surface area contributed by atoms with Crippen molar-refractivity contribution >= 4 is 25.6 Å². The van der Waals surface area contributed by atoms with Crippen molar-refractivity contribution in [3.63, 3.8) is 0 Å². The van der Waals surface area contributed by atoms with Crippen LogP contribution in [0.2, 0.25) is 0 Å². The molecule has 1 aliphatic rings. The van der Waals surface area contributed by atoms with Crippen LogP contribution in [0.1, 0.15) is 19.8 Å². The lowest BCUT2D eigenvalue weighted by molar-refractivity contribution is -0.127. The quantitative estimate of drug-likeness (QED) is 0.513. The number of hydrogen-bond acceptors (Lipinski definition) is 4. The van der Waals surface area contributed by atoms with Gasteiger partial charge in [-0.3, -0.25) is 4.79 Å². The molecule has 5 nitrogen and oxygen atoms in total. The first-order valence-electron chi connectivity index (χ1n) is 5.70. The predicted octanol–water partition coefficient (Wildman–Crippen LogP) is 0.830. The summed E-state index contributed by atoms with van der Waals surface area (Å²) < 4.78 is 27.0. The Morgan fingerprint density at radius 1 is 1.53 bits per heavy atom. The summed E-state index contributed by atoms with van der Waals surface area (Å²) in [6.07, 6.45) is 1.06. The van der Waals surface area contributed by atoms with Crippen LogP contribution in [0.4, 0.5) is 0 Å². The van der Waals surface area contributed by atoms with Crippen molar-refractivity contribution in [1.82, 2.24) is 4.90 Å². The monoisotopic (exact) mass is 283 g/mol. The fourth-order valence-electron chi connectivity index (χ4n) is 1.97. The summed E-state index contributed by atoms with van der Waals surface area (Å²) in [5.41, 5.74) is 0. The average molecular weight is 284 g/mol. The first kappa shape index (κ1) is 14.7. The van der Waals surface area contributed by atoms with Gasteiger partial charge in [-0.15, -0.1) is 0 Å². The molecule has 0 aromatic carbocycles. The van der Waals surface area contributed by atoms with E-state index >= 15 is 0 Å². The number of carbonyl (C=O) groups is 1. The zero-order chi connectivity index (χ0) is 12.9. The Balaban J connectivity index is 2.32. The summed E-state index contributed by atoms with van der Waals surface area (Å²) in [6, 6.07) is 0. The Morgan fingerprint density at radius 3 is 2.82 bits per heavy atom. The number of likely N-dealkylation sites (tertiary alicyclic amines) is 1. The van der Waals surface area contributed by atoms with Gasteiger partial charge in [0.1, 0.15) is 0 Å². The van der Waals surface area contributed by atoms with Crippen LogP contribution in [-0.2, 0) is 18.6 Å². The van der Waals surface area contributed by atoms with E-state index in [1.54, 1.807) is 4.90 Å². The van der Waals surface area contributed by atoms with Crippen LogP contribution >= 0.6 is 10.7 Å².